The van der Waals surface area contributed by atoms with Crippen LogP contribution in [0.3, 0.4) is 0 Å². The van der Waals surface area contributed by atoms with Gasteiger partial charge in [0.15, 0.2) is 0 Å². The summed E-state index contributed by atoms with van der Waals surface area (Å²) < 4.78 is 15.9. The highest BCUT2D eigenvalue weighted by molar-refractivity contribution is 5.77. The first kappa shape index (κ1) is 20.5. The third-order valence-electron chi connectivity index (χ3n) is 5.89. The number of nitrogens with one attached hydrogen (secondary N) is 1. The van der Waals surface area contributed by atoms with Crippen molar-refractivity contribution < 1.29 is 9.18 Å². The first-order valence-corrected chi connectivity index (χ1v) is 10.8. The number of benzene rings is 1. The van der Waals surface area contributed by atoms with Crippen LogP contribution in [0.5, 0.6) is 0 Å². The van der Waals surface area contributed by atoms with Gasteiger partial charge in [0.2, 0.25) is 5.91 Å². The van der Waals surface area contributed by atoms with Crippen LogP contribution in [-0.2, 0) is 4.79 Å². The molecule has 0 radical (unpaired) electrons. The van der Waals surface area contributed by atoms with Crippen molar-refractivity contribution in [3.05, 3.63) is 71.4 Å². The molecule has 1 saturated heterocycles. The Kier molecular flexibility index (Phi) is 6.43. The number of piperidine rings is 1. The van der Waals surface area contributed by atoms with Gasteiger partial charge in [-0.25, -0.2) is 9.37 Å². The molecule has 1 aliphatic heterocycles. The van der Waals surface area contributed by atoms with Gasteiger partial charge in [0.05, 0.1) is 5.69 Å². The highest BCUT2D eigenvalue weighted by atomic mass is 19.1. The average Bonchev–Trinajstić information content (AvgIpc) is 3.15. The van der Waals surface area contributed by atoms with Gasteiger partial charge in [0.1, 0.15) is 11.5 Å². The van der Waals surface area contributed by atoms with Crippen LogP contribution in [0, 0.1) is 12.7 Å². The summed E-state index contributed by atoms with van der Waals surface area (Å²) in [6, 6.07) is 10.5. The minimum atomic E-state index is -0.298. The van der Waals surface area contributed by atoms with Gasteiger partial charge >= 0.3 is 0 Å². The number of pyridine rings is 1. The second-order valence-corrected chi connectivity index (χ2v) is 8.18. The maximum absolute atomic E-state index is 14.0. The zero-order valence-corrected chi connectivity index (χ0v) is 17.5. The van der Waals surface area contributed by atoms with Crippen molar-refractivity contribution in [2.75, 3.05) is 26.2 Å². The zero-order chi connectivity index (χ0) is 20.9. The Bertz CT molecular complexity index is 1010. The van der Waals surface area contributed by atoms with Gasteiger partial charge in [-0.3, -0.25) is 4.79 Å². The lowest BCUT2D eigenvalue weighted by atomic mass is 9.92. The van der Waals surface area contributed by atoms with E-state index in [9.17, 15) is 9.18 Å². The number of fused-ring (bicyclic) bond motifs is 1. The summed E-state index contributed by atoms with van der Waals surface area (Å²) >= 11 is 0. The van der Waals surface area contributed by atoms with Crippen molar-refractivity contribution in [2.45, 2.75) is 38.5 Å². The van der Waals surface area contributed by atoms with Crippen molar-refractivity contribution in [2.24, 2.45) is 0 Å². The van der Waals surface area contributed by atoms with Crippen LogP contribution in [-0.4, -0.2) is 46.4 Å². The first-order chi connectivity index (χ1) is 14.6. The third-order valence-corrected chi connectivity index (χ3v) is 5.89. The topological polar surface area (TPSA) is 49.6 Å². The first-order valence-electron chi connectivity index (χ1n) is 10.8. The van der Waals surface area contributed by atoms with E-state index < -0.39 is 0 Å². The number of hydrogen-bond donors (Lipinski definition) is 1. The van der Waals surface area contributed by atoms with E-state index in [0.29, 0.717) is 6.54 Å². The third kappa shape index (κ3) is 4.87. The van der Waals surface area contributed by atoms with E-state index in [1.54, 1.807) is 12.3 Å². The predicted molar refractivity (Wildman–Crippen MR) is 116 cm³/mol. The summed E-state index contributed by atoms with van der Waals surface area (Å²) in [5, 5.41) is 3.06. The van der Waals surface area contributed by atoms with Gasteiger partial charge in [-0.05, 0) is 68.2 Å². The molecule has 1 aromatic carbocycles. The summed E-state index contributed by atoms with van der Waals surface area (Å²) in [6.07, 6.45) is 7.80. The fraction of sp³-hybridized carbons (Fsp3) is 0.417. The van der Waals surface area contributed by atoms with Crippen molar-refractivity contribution in [3.8, 4) is 0 Å². The number of carbonyl (C=O) groups excluding carboxylic acids is 1. The molecule has 0 spiro atoms. The van der Waals surface area contributed by atoms with E-state index in [-0.39, 0.29) is 24.1 Å². The van der Waals surface area contributed by atoms with Crippen molar-refractivity contribution >= 4 is 11.6 Å². The van der Waals surface area contributed by atoms with Crippen LogP contribution in [0.4, 0.5) is 4.39 Å². The second-order valence-electron chi connectivity index (χ2n) is 8.18. The van der Waals surface area contributed by atoms with Crippen LogP contribution >= 0.6 is 0 Å². The quantitative estimate of drug-likeness (QED) is 0.645. The standard InChI is InChI=1S/C24H29FN4O/c1-18-8-12-29-22(17-27-23(29)14-18)21(19-6-5-7-20(25)15-19)16-24(30)26-9-13-28-10-3-2-4-11-28/h5-8,12,14-15,17,21H,2-4,9-11,13,16H2,1H3,(H,26,30)/t21-/m0/s1. The number of likely N-dealkylation sites (tertiary alicyclic amines) is 1. The minimum absolute atomic E-state index is 0.0247. The summed E-state index contributed by atoms with van der Waals surface area (Å²) in [5.74, 6) is -0.593. The highest BCUT2D eigenvalue weighted by Gasteiger charge is 2.22. The van der Waals surface area contributed by atoms with E-state index in [2.05, 4.69) is 15.2 Å². The second kappa shape index (κ2) is 9.39. The molecule has 6 heteroatoms. The molecule has 3 aromatic rings. The smallest absolute Gasteiger partial charge is 0.221 e. The van der Waals surface area contributed by atoms with Gasteiger partial charge in [-0.2, -0.15) is 0 Å². The van der Waals surface area contributed by atoms with Gasteiger partial charge < -0.3 is 14.6 Å². The Labute approximate surface area is 176 Å². The Hall–Kier alpha value is -2.73. The highest BCUT2D eigenvalue weighted by Crippen LogP contribution is 2.29. The molecule has 158 valence electrons. The molecule has 1 amide bonds. The molecular weight excluding hydrogens is 379 g/mol. The molecule has 1 fully saturated rings. The Balaban J connectivity index is 1.51. The average molecular weight is 409 g/mol. The van der Waals surface area contributed by atoms with Crippen LogP contribution in [0.2, 0.25) is 0 Å². The fourth-order valence-corrected chi connectivity index (χ4v) is 4.27. The van der Waals surface area contributed by atoms with E-state index in [0.717, 1.165) is 42.1 Å². The molecule has 30 heavy (non-hydrogen) atoms. The SMILES string of the molecule is Cc1ccn2c([C@@H](CC(=O)NCCN3CCCCC3)c3cccc(F)c3)cnc2c1. The molecule has 3 heterocycles. The van der Waals surface area contributed by atoms with Gasteiger partial charge in [-0.1, -0.05) is 18.6 Å². The number of rotatable bonds is 7. The van der Waals surface area contributed by atoms with Crippen molar-refractivity contribution in [3.63, 3.8) is 0 Å². The number of aromatic nitrogens is 2. The molecular formula is C24H29FN4O. The summed E-state index contributed by atoms with van der Waals surface area (Å²) in [6.45, 7) is 5.77. The van der Waals surface area contributed by atoms with Crippen LogP contribution < -0.4 is 5.32 Å². The largest absolute Gasteiger partial charge is 0.355 e. The normalized spacial score (nSPS) is 15.9. The zero-order valence-electron chi connectivity index (χ0n) is 17.5. The van der Waals surface area contributed by atoms with Crippen molar-refractivity contribution in [1.82, 2.24) is 19.6 Å². The maximum Gasteiger partial charge on any atom is 0.221 e. The predicted octanol–water partition coefficient (Wildman–Crippen LogP) is 3.91. The Morgan fingerprint density at radius 3 is 2.83 bits per heavy atom. The molecule has 4 rings (SSSR count). The number of carbonyl (C=O) groups is 1. The number of nitrogens with zero attached hydrogens (tertiary/aromatic N) is 3. The monoisotopic (exact) mass is 408 g/mol. The number of aryl methyl sites for hydroxylation is 1. The molecule has 0 bridgehead atoms. The molecule has 5 nitrogen and oxygen atoms in total. The van der Waals surface area contributed by atoms with E-state index in [1.165, 1.54) is 31.4 Å². The molecule has 1 N–H and O–H groups in total. The Morgan fingerprint density at radius 2 is 2.03 bits per heavy atom. The van der Waals surface area contributed by atoms with Crippen LogP contribution in [0.15, 0.2) is 48.8 Å². The maximum atomic E-state index is 14.0. The number of halogens is 1. The van der Waals surface area contributed by atoms with Gasteiger partial charge in [-0.15, -0.1) is 0 Å². The molecule has 1 aliphatic rings. The van der Waals surface area contributed by atoms with Gasteiger partial charge in [0.25, 0.3) is 0 Å². The van der Waals surface area contributed by atoms with Gasteiger partial charge in [0, 0.05) is 37.8 Å². The lowest BCUT2D eigenvalue weighted by Crippen LogP contribution is -2.38. The molecule has 2 aromatic heterocycles. The lowest BCUT2D eigenvalue weighted by Gasteiger charge is -2.26. The summed E-state index contributed by atoms with van der Waals surface area (Å²) in [7, 11) is 0. The van der Waals surface area contributed by atoms with E-state index in [1.807, 2.05) is 35.7 Å². The minimum Gasteiger partial charge on any atom is -0.355 e. The Morgan fingerprint density at radius 1 is 1.20 bits per heavy atom. The summed E-state index contributed by atoms with van der Waals surface area (Å²) in [5.41, 5.74) is 3.62. The molecule has 0 unspecified atom stereocenters. The van der Waals surface area contributed by atoms with Crippen molar-refractivity contribution in [1.29, 1.82) is 0 Å². The van der Waals surface area contributed by atoms with E-state index >= 15 is 0 Å². The van der Waals surface area contributed by atoms with E-state index in [4.69, 9.17) is 0 Å². The van der Waals surface area contributed by atoms with Crippen LogP contribution in [0.1, 0.15) is 48.4 Å². The summed E-state index contributed by atoms with van der Waals surface area (Å²) in [4.78, 5) is 19.7. The molecule has 0 saturated carbocycles. The number of imidazole rings is 1. The number of amides is 1. The number of hydrogen-bond acceptors (Lipinski definition) is 3. The molecule has 0 aliphatic carbocycles. The lowest BCUT2D eigenvalue weighted by molar-refractivity contribution is -0.121. The fourth-order valence-electron chi connectivity index (χ4n) is 4.27. The molecule has 1 atom stereocenters. The van der Waals surface area contributed by atoms with Crippen LogP contribution in [0.25, 0.3) is 5.65 Å².